The molecule has 4 heterocycles. The zero-order valence-corrected chi connectivity index (χ0v) is 29.9. The minimum absolute atomic E-state index is 0.0882. The lowest BCUT2D eigenvalue weighted by atomic mass is 10.00. The standard InChI is InChI=1S/C37H39Cl2N3O6S/c1-42-24-10-11-25(42)17-26(16-24)47-37(44)35(22-7-5-4-6-8-22)41-19-27-12-14-34(49-27)36(43)48-32(18-28-29(38)20-40-21-30(28)39)23-9-13-31(45-2)33(15-23)46-3/h4-9,12-15,20-21,24-26,32,35,41H,10-11,16-19H2,1-3H3/p+1/t24?,25?,26?,32-,35?/m0/s1. The number of H-pyrrole nitrogens is 1. The maximum Gasteiger partial charge on any atom is 0.348 e. The second-order valence-corrected chi connectivity index (χ2v) is 14.4. The lowest BCUT2D eigenvalue weighted by Gasteiger charge is -2.36. The molecule has 2 aliphatic heterocycles. The van der Waals surface area contributed by atoms with Crippen molar-refractivity contribution in [3.63, 3.8) is 0 Å². The number of nitrogens with zero attached hydrogens (tertiary/aromatic N) is 1. The first-order valence-electron chi connectivity index (χ1n) is 16.3. The topological polar surface area (TPSA) is 100 Å². The van der Waals surface area contributed by atoms with E-state index in [1.165, 1.54) is 11.3 Å². The number of hydrogen-bond donors (Lipinski definition) is 1. The Labute approximate surface area is 300 Å². The third kappa shape index (κ3) is 8.22. The van der Waals surface area contributed by atoms with Gasteiger partial charge in [0.25, 0.3) is 0 Å². The minimum atomic E-state index is -0.736. The first kappa shape index (κ1) is 35.2. The predicted molar refractivity (Wildman–Crippen MR) is 188 cm³/mol. The van der Waals surface area contributed by atoms with Crippen LogP contribution in [-0.2, 0) is 27.2 Å². The molecule has 2 bridgehead atoms. The fourth-order valence-electron chi connectivity index (χ4n) is 6.78. The number of carbonyl (C=O) groups excluding carboxylic acids is 2. The molecule has 2 aromatic heterocycles. The lowest BCUT2D eigenvalue weighted by molar-refractivity contribution is -0.377. The Hall–Kier alpha value is -3.67. The van der Waals surface area contributed by atoms with Gasteiger partial charge in [-0.05, 0) is 68.1 Å². The molecule has 2 aromatic carbocycles. The first-order valence-corrected chi connectivity index (χ1v) is 17.9. The first-order chi connectivity index (χ1) is 23.7. The van der Waals surface area contributed by atoms with Crippen molar-refractivity contribution in [1.29, 1.82) is 0 Å². The molecule has 0 amide bonds. The highest BCUT2D eigenvalue weighted by molar-refractivity contribution is 7.13. The van der Waals surface area contributed by atoms with Gasteiger partial charge in [-0.15, -0.1) is 11.3 Å². The molecule has 12 heteroatoms. The van der Waals surface area contributed by atoms with Gasteiger partial charge in [0.1, 0.15) is 33.2 Å². The van der Waals surface area contributed by atoms with Gasteiger partial charge >= 0.3 is 11.9 Å². The van der Waals surface area contributed by atoms with Crippen LogP contribution in [0.4, 0.5) is 0 Å². The second-order valence-electron chi connectivity index (χ2n) is 12.4. The number of hydrogen-bond acceptors (Lipinski definition) is 9. The average molecular weight is 726 g/mol. The SMILES string of the molecule is COc1ccc([C@H](Cc2c(Cl)c[nH+]cc2Cl)OC(=O)c2ccc(CNC(C(=O)OC3CC4CCC(C3)N4C)c3ccccc3)s2)cc1OC. The van der Waals surface area contributed by atoms with Crippen LogP contribution in [0.5, 0.6) is 11.5 Å². The number of nitrogens with one attached hydrogen (secondary N) is 2. The monoisotopic (exact) mass is 724 g/mol. The minimum Gasteiger partial charge on any atom is -0.493 e. The Morgan fingerprint density at radius 2 is 1.63 bits per heavy atom. The molecule has 4 aromatic rings. The molecule has 49 heavy (non-hydrogen) atoms. The van der Waals surface area contributed by atoms with Gasteiger partial charge in [0, 0.05) is 35.5 Å². The van der Waals surface area contributed by atoms with E-state index in [0.29, 0.717) is 56.2 Å². The van der Waals surface area contributed by atoms with Crippen molar-refractivity contribution < 1.29 is 33.5 Å². The van der Waals surface area contributed by atoms with Gasteiger partial charge in [-0.3, -0.25) is 5.32 Å². The van der Waals surface area contributed by atoms with Crippen molar-refractivity contribution in [1.82, 2.24) is 10.2 Å². The smallest absolute Gasteiger partial charge is 0.348 e. The molecule has 0 radical (unpaired) electrons. The number of aromatic nitrogens is 1. The molecule has 258 valence electrons. The van der Waals surface area contributed by atoms with E-state index in [0.717, 1.165) is 36.1 Å². The van der Waals surface area contributed by atoms with Crippen molar-refractivity contribution in [2.45, 2.75) is 69.0 Å². The number of piperidine rings is 1. The van der Waals surface area contributed by atoms with Crippen molar-refractivity contribution in [3.05, 3.63) is 110 Å². The molecule has 2 fully saturated rings. The van der Waals surface area contributed by atoms with Crippen LogP contribution in [0.25, 0.3) is 0 Å². The highest BCUT2D eigenvalue weighted by atomic mass is 35.5. The number of esters is 2. The van der Waals surface area contributed by atoms with Crippen LogP contribution in [0.2, 0.25) is 10.0 Å². The largest absolute Gasteiger partial charge is 0.493 e. The van der Waals surface area contributed by atoms with E-state index in [1.807, 2.05) is 42.5 Å². The summed E-state index contributed by atoms with van der Waals surface area (Å²) in [5.41, 5.74) is 2.15. The van der Waals surface area contributed by atoms with E-state index in [9.17, 15) is 9.59 Å². The van der Waals surface area contributed by atoms with Crippen molar-refractivity contribution in [2.24, 2.45) is 0 Å². The van der Waals surface area contributed by atoms with Crippen LogP contribution in [-0.4, -0.2) is 56.3 Å². The molecule has 0 spiro atoms. The summed E-state index contributed by atoms with van der Waals surface area (Å²) in [5, 5.41) is 4.24. The number of halogens is 2. The van der Waals surface area contributed by atoms with E-state index in [4.69, 9.17) is 42.1 Å². The Morgan fingerprint density at radius 3 is 2.31 bits per heavy atom. The zero-order valence-electron chi connectivity index (χ0n) is 27.6. The summed E-state index contributed by atoms with van der Waals surface area (Å²) in [5.74, 6) is 0.263. The Bertz CT molecular complexity index is 1740. The van der Waals surface area contributed by atoms with Crippen LogP contribution in [0.1, 0.15) is 69.1 Å². The second kappa shape index (κ2) is 15.9. The molecule has 2 N–H and O–H groups in total. The maximum atomic E-state index is 13.6. The number of rotatable bonds is 13. The quantitative estimate of drug-likeness (QED) is 0.147. The maximum absolute atomic E-state index is 13.6. The number of carbonyl (C=O) groups is 2. The Morgan fingerprint density at radius 1 is 0.939 bits per heavy atom. The van der Waals surface area contributed by atoms with Gasteiger partial charge in [-0.1, -0.05) is 59.6 Å². The summed E-state index contributed by atoms with van der Waals surface area (Å²) in [6, 6.07) is 18.8. The van der Waals surface area contributed by atoms with Crippen molar-refractivity contribution >= 4 is 46.5 Å². The highest BCUT2D eigenvalue weighted by Gasteiger charge is 2.40. The van der Waals surface area contributed by atoms with Crippen LogP contribution in [0.3, 0.4) is 0 Å². The van der Waals surface area contributed by atoms with Crippen LogP contribution in [0.15, 0.2) is 73.1 Å². The number of thiophene rings is 1. The summed E-state index contributed by atoms with van der Waals surface area (Å²) in [6.07, 6.45) is 6.70. The molecular formula is C37H40Cl2N3O6S+. The van der Waals surface area contributed by atoms with Gasteiger partial charge in [0.15, 0.2) is 23.9 Å². The molecule has 3 unspecified atom stereocenters. The number of methoxy groups -OCH3 is 2. The molecule has 9 nitrogen and oxygen atoms in total. The third-order valence-electron chi connectivity index (χ3n) is 9.46. The number of fused-ring (bicyclic) bond motifs is 2. The predicted octanol–water partition coefficient (Wildman–Crippen LogP) is 7.03. The number of benzene rings is 2. The summed E-state index contributed by atoms with van der Waals surface area (Å²) < 4.78 is 23.1. The Balaban J connectivity index is 1.16. The number of ether oxygens (including phenoxy) is 4. The summed E-state index contributed by atoms with van der Waals surface area (Å²) >= 11 is 14.3. The molecule has 0 saturated carbocycles. The van der Waals surface area contributed by atoms with Crippen molar-refractivity contribution in [2.75, 3.05) is 21.3 Å². The molecule has 4 atom stereocenters. The summed E-state index contributed by atoms with van der Waals surface area (Å²) in [4.78, 5) is 33.8. The average Bonchev–Trinajstić information content (AvgIpc) is 3.65. The lowest BCUT2D eigenvalue weighted by Crippen LogP contribution is -2.44. The highest BCUT2D eigenvalue weighted by Crippen LogP contribution is 2.37. The van der Waals surface area contributed by atoms with E-state index >= 15 is 0 Å². The van der Waals surface area contributed by atoms with E-state index in [-0.39, 0.29) is 18.5 Å². The van der Waals surface area contributed by atoms with E-state index < -0.39 is 18.1 Å². The summed E-state index contributed by atoms with van der Waals surface area (Å²) in [7, 11) is 5.27. The van der Waals surface area contributed by atoms with E-state index in [2.05, 4.69) is 22.2 Å². The normalized spacial score (nSPS) is 20.0. The number of aromatic amines is 1. The van der Waals surface area contributed by atoms with Gasteiger partial charge in [-0.2, -0.15) is 0 Å². The van der Waals surface area contributed by atoms with Gasteiger partial charge in [0.05, 0.1) is 14.2 Å². The zero-order chi connectivity index (χ0) is 34.5. The van der Waals surface area contributed by atoms with Crippen LogP contribution < -0.4 is 19.8 Å². The van der Waals surface area contributed by atoms with Gasteiger partial charge < -0.3 is 23.8 Å². The fraction of sp³-hybridized carbons (Fsp3) is 0.378. The van der Waals surface area contributed by atoms with E-state index in [1.54, 1.807) is 44.8 Å². The fourth-order valence-corrected chi connectivity index (χ4v) is 8.16. The van der Waals surface area contributed by atoms with Crippen molar-refractivity contribution in [3.8, 4) is 11.5 Å². The molecule has 2 saturated heterocycles. The molecule has 0 aliphatic carbocycles. The van der Waals surface area contributed by atoms with Crippen LogP contribution >= 0.6 is 34.5 Å². The molecule has 6 rings (SSSR count). The van der Waals surface area contributed by atoms with Gasteiger partial charge in [0.2, 0.25) is 0 Å². The van der Waals surface area contributed by atoms with Gasteiger partial charge in [-0.25, -0.2) is 14.6 Å². The van der Waals surface area contributed by atoms with Crippen LogP contribution in [0, 0.1) is 0 Å². The third-order valence-corrected chi connectivity index (χ3v) is 11.2. The molecule has 2 aliphatic rings. The Kier molecular flexibility index (Phi) is 11.4. The molecular weight excluding hydrogens is 685 g/mol. The number of pyridine rings is 1. The summed E-state index contributed by atoms with van der Waals surface area (Å²) in [6.45, 7) is 0.357.